The van der Waals surface area contributed by atoms with Crippen molar-refractivity contribution >= 4 is 6.09 Å². The van der Waals surface area contributed by atoms with Crippen LogP contribution in [0.25, 0.3) is 0 Å². The van der Waals surface area contributed by atoms with Crippen molar-refractivity contribution in [2.45, 2.75) is 45.1 Å². The fraction of sp³-hybridized carbons (Fsp3) is 0.500. The quantitative estimate of drug-likeness (QED) is 0.659. The van der Waals surface area contributed by atoms with Crippen LogP contribution in [0.4, 0.5) is 4.79 Å². The van der Waals surface area contributed by atoms with E-state index in [-0.39, 0.29) is 6.04 Å². The number of methoxy groups -OCH3 is 1. The third kappa shape index (κ3) is 5.02. The number of carbonyl (C=O) groups excluding carboxylic acids is 1. The lowest BCUT2D eigenvalue weighted by Crippen LogP contribution is -2.42. The number of aliphatic hydroxyl groups is 1. The lowest BCUT2D eigenvalue weighted by atomic mass is 10.0. The van der Waals surface area contributed by atoms with E-state index in [1.807, 2.05) is 48.9 Å². The Balaban J connectivity index is 1.50. The zero-order valence-electron chi connectivity index (χ0n) is 16.5. The highest BCUT2D eigenvalue weighted by molar-refractivity contribution is 5.67. The van der Waals surface area contributed by atoms with Gasteiger partial charge in [-0.05, 0) is 44.0 Å². The lowest BCUT2D eigenvalue weighted by molar-refractivity contribution is 0.0189. The van der Waals surface area contributed by atoms with Crippen molar-refractivity contribution in [3.05, 3.63) is 47.3 Å². The molecule has 0 unspecified atom stereocenters. The summed E-state index contributed by atoms with van der Waals surface area (Å²) in [6.07, 6.45) is -1.22. The number of ether oxygens (including phenoxy) is 2. The summed E-state index contributed by atoms with van der Waals surface area (Å²) < 4.78 is 12.5. The van der Waals surface area contributed by atoms with Crippen molar-refractivity contribution < 1.29 is 19.4 Å². The minimum absolute atomic E-state index is 0.148. The summed E-state index contributed by atoms with van der Waals surface area (Å²) in [6, 6.07) is 9.56. The SMILES string of the molecule is COc1ccc(C[C@H]2NC[C@H](O)[C@H]2OC(=O)NCCn2nc(C)cc2C)cc1. The molecule has 0 saturated carbocycles. The zero-order chi connectivity index (χ0) is 20.1. The topological polar surface area (TPSA) is 97.6 Å². The van der Waals surface area contributed by atoms with E-state index in [9.17, 15) is 9.90 Å². The molecular weight excluding hydrogens is 360 g/mol. The molecule has 3 atom stereocenters. The first-order valence-corrected chi connectivity index (χ1v) is 9.46. The molecule has 1 saturated heterocycles. The molecule has 0 aliphatic carbocycles. The van der Waals surface area contributed by atoms with Gasteiger partial charge in [-0.25, -0.2) is 4.79 Å². The number of aryl methyl sites for hydroxylation is 2. The van der Waals surface area contributed by atoms with E-state index in [4.69, 9.17) is 9.47 Å². The van der Waals surface area contributed by atoms with Crippen LogP contribution in [0.1, 0.15) is 17.0 Å². The molecule has 0 spiro atoms. The Morgan fingerprint density at radius 2 is 2.11 bits per heavy atom. The van der Waals surface area contributed by atoms with Crippen molar-refractivity contribution in [2.75, 3.05) is 20.2 Å². The number of rotatable bonds is 7. The van der Waals surface area contributed by atoms with Gasteiger partial charge in [0.2, 0.25) is 0 Å². The molecule has 3 N–H and O–H groups in total. The van der Waals surface area contributed by atoms with Crippen LogP contribution in [0.3, 0.4) is 0 Å². The first-order valence-electron chi connectivity index (χ1n) is 9.46. The van der Waals surface area contributed by atoms with Crippen molar-refractivity contribution in [3.8, 4) is 5.75 Å². The van der Waals surface area contributed by atoms with Crippen molar-refractivity contribution in [1.82, 2.24) is 20.4 Å². The standard InChI is InChI=1S/C20H28N4O4/c1-13-10-14(2)24(23-13)9-8-21-20(26)28-19-17(22-12-18(19)25)11-15-4-6-16(27-3)7-5-15/h4-7,10,17-19,22,25H,8-9,11-12H2,1-3H3,(H,21,26)/t17-,18+,19+/m1/s1. The van der Waals surface area contributed by atoms with Crippen LogP contribution in [0.5, 0.6) is 5.75 Å². The minimum atomic E-state index is -0.731. The number of nitrogens with one attached hydrogen (secondary N) is 2. The van der Waals surface area contributed by atoms with Gasteiger partial charge >= 0.3 is 6.09 Å². The molecule has 2 aromatic rings. The van der Waals surface area contributed by atoms with E-state index in [2.05, 4.69) is 15.7 Å². The zero-order valence-corrected chi connectivity index (χ0v) is 16.5. The van der Waals surface area contributed by atoms with E-state index in [1.165, 1.54) is 0 Å². The molecule has 28 heavy (non-hydrogen) atoms. The number of alkyl carbamates (subject to hydrolysis) is 1. The Morgan fingerprint density at radius 1 is 1.36 bits per heavy atom. The van der Waals surface area contributed by atoms with Crippen LogP contribution < -0.4 is 15.4 Å². The second-order valence-electron chi connectivity index (χ2n) is 7.08. The van der Waals surface area contributed by atoms with Crippen LogP contribution in [0, 0.1) is 13.8 Å². The van der Waals surface area contributed by atoms with E-state index < -0.39 is 18.3 Å². The highest BCUT2D eigenvalue weighted by Gasteiger charge is 2.37. The summed E-state index contributed by atoms with van der Waals surface area (Å²) >= 11 is 0. The van der Waals surface area contributed by atoms with Gasteiger partial charge in [-0.2, -0.15) is 5.10 Å². The predicted octanol–water partition coefficient (Wildman–Crippen LogP) is 1.18. The Kier molecular flexibility index (Phi) is 6.53. The number of nitrogens with zero attached hydrogens (tertiary/aromatic N) is 2. The van der Waals surface area contributed by atoms with Gasteiger partial charge in [0.15, 0.2) is 0 Å². The number of aromatic nitrogens is 2. The Hall–Kier alpha value is -2.58. The summed E-state index contributed by atoms with van der Waals surface area (Å²) in [5, 5.41) is 20.5. The molecule has 1 fully saturated rings. The van der Waals surface area contributed by atoms with Crippen LogP contribution in [-0.2, 0) is 17.7 Å². The van der Waals surface area contributed by atoms with Gasteiger partial charge < -0.3 is 25.2 Å². The van der Waals surface area contributed by atoms with E-state index >= 15 is 0 Å². The summed E-state index contributed by atoms with van der Waals surface area (Å²) in [7, 11) is 1.63. The average molecular weight is 388 g/mol. The normalized spacial score (nSPS) is 21.5. The molecule has 152 valence electrons. The highest BCUT2D eigenvalue weighted by atomic mass is 16.6. The van der Waals surface area contributed by atoms with Crippen molar-refractivity contribution in [3.63, 3.8) is 0 Å². The highest BCUT2D eigenvalue weighted by Crippen LogP contribution is 2.19. The maximum absolute atomic E-state index is 12.2. The minimum Gasteiger partial charge on any atom is -0.497 e. The fourth-order valence-corrected chi connectivity index (χ4v) is 3.47. The smallest absolute Gasteiger partial charge is 0.407 e. The molecule has 1 aromatic heterocycles. The second kappa shape index (κ2) is 9.07. The predicted molar refractivity (Wildman–Crippen MR) is 104 cm³/mol. The van der Waals surface area contributed by atoms with Gasteiger partial charge in [-0.3, -0.25) is 4.68 Å². The second-order valence-corrected chi connectivity index (χ2v) is 7.08. The Labute approximate surface area is 164 Å². The van der Waals surface area contributed by atoms with Gasteiger partial charge in [-0.15, -0.1) is 0 Å². The molecule has 1 aliphatic rings. The van der Waals surface area contributed by atoms with Gasteiger partial charge in [0, 0.05) is 18.8 Å². The molecule has 3 rings (SSSR count). The monoisotopic (exact) mass is 388 g/mol. The molecular formula is C20H28N4O4. The van der Waals surface area contributed by atoms with Gasteiger partial charge in [0.1, 0.15) is 18.0 Å². The van der Waals surface area contributed by atoms with E-state index in [1.54, 1.807) is 7.11 Å². The first-order chi connectivity index (χ1) is 13.5. The van der Waals surface area contributed by atoms with Crippen LogP contribution in [0.2, 0.25) is 0 Å². The third-order valence-electron chi connectivity index (χ3n) is 4.92. The maximum atomic E-state index is 12.2. The van der Waals surface area contributed by atoms with Crippen LogP contribution in [0.15, 0.2) is 30.3 Å². The van der Waals surface area contributed by atoms with E-state index in [0.29, 0.717) is 26.1 Å². The number of amides is 1. The molecule has 1 aliphatic heterocycles. The summed E-state index contributed by atoms with van der Waals surface area (Å²) in [4.78, 5) is 12.2. The maximum Gasteiger partial charge on any atom is 0.407 e. The van der Waals surface area contributed by atoms with Crippen LogP contribution >= 0.6 is 0 Å². The number of benzene rings is 1. The number of hydrogen-bond donors (Lipinski definition) is 3. The first kappa shape index (κ1) is 20.2. The van der Waals surface area contributed by atoms with Gasteiger partial charge in [0.05, 0.1) is 25.4 Å². The lowest BCUT2D eigenvalue weighted by Gasteiger charge is -2.22. The number of aliphatic hydroxyl groups excluding tert-OH is 1. The fourth-order valence-electron chi connectivity index (χ4n) is 3.47. The average Bonchev–Trinajstić information content (AvgIpc) is 3.18. The molecule has 1 aromatic carbocycles. The van der Waals surface area contributed by atoms with Crippen molar-refractivity contribution in [1.29, 1.82) is 0 Å². The largest absolute Gasteiger partial charge is 0.497 e. The molecule has 8 nitrogen and oxygen atoms in total. The van der Waals surface area contributed by atoms with Crippen molar-refractivity contribution in [2.24, 2.45) is 0 Å². The molecule has 8 heteroatoms. The molecule has 0 bridgehead atoms. The number of hydrogen-bond acceptors (Lipinski definition) is 6. The molecule has 0 radical (unpaired) electrons. The number of carbonyl (C=O) groups is 1. The van der Waals surface area contributed by atoms with Crippen LogP contribution in [-0.4, -0.2) is 59.4 Å². The Morgan fingerprint density at radius 3 is 2.75 bits per heavy atom. The van der Waals surface area contributed by atoms with Gasteiger partial charge in [0.25, 0.3) is 0 Å². The summed E-state index contributed by atoms with van der Waals surface area (Å²) in [6.45, 7) is 5.27. The molecule has 2 heterocycles. The number of β-amino-alcohol motifs (C(OH)–C–C–N with tert-alkyl or cyclic N) is 1. The Bertz CT molecular complexity index is 790. The van der Waals surface area contributed by atoms with Gasteiger partial charge in [-0.1, -0.05) is 12.1 Å². The third-order valence-corrected chi connectivity index (χ3v) is 4.92. The summed E-state index contributed by atoms with van der Waals surface area (Å²) in [5.74, 6) is 0.790. The summed E-state index contributed by atoms with van der Waals surface area (Å²) in [5.41, 5.74) is 3.06. The van der Waals surface area contributed by atoms with E-state index in [0.717, 1.165) is 22.7 Å². The molecule has 1 amide bonds.